The molecule has 0 atom stereocenters. The zero-order valence-electron chi connectivity index (χ0n) is 10.5. The van der Waals surface area contributed by atoms with Crippen molar-refractivity contribution in [3.05, 3.63) is 46.7 Å². The fraction of sp³-hybridized carbons (Fsp3) is 0.231. The van der Waals surface area contributed by atoms with E-state index in [4.69, 9.17) is 5.73 Å². The number of aromatic nitrogens is 1. The standard InChI is InChI=1S/C13H14FN3OS/c1-2-17(7-9-4-3-5-10(14)6-9)12(18)11-8-19-13(15)16-11/h3-6,8H,2,7H2,1H3,(H2,15,16). The smallest absolute Gasteiger partial charge is 0.273 e. The van der Waals surface area contributed by atoms with Crippen molar-refractivity contribution < 1.29 is 9.18 Å². The number of thiazole rings is 1. The lowest BCUT2D eigenvalue weighted by molar-refractivity contribution is 0.0747. The van der Waals surface area contributed by atoms with Crippen LogP contribution in [0.4, 0.5) is 9.52 Å². The highest BCUT2D eigenvalue weighted by atomic mass is 32.1. The lowest BCUT2D eigenvalue weighted by Gasteiger charge is -2.19. The molecule has 19 heavy (non-hydrogen) atoms. The molecule has 0 radical (unpaired) electrons. The van der Waals surface area contributed by atoms with Gasteiger partial charge in [-0.3, -0.25) is 4.79 Å². The van der Waals surface area contributed by atoms with Gasteiger partial charge in [-0.1, -0.05) is 12.1 Å². The number of benzene rings is 1. The van der Waals surface area contributed by atoms with Crippen LogP contribution in [0, 0.1) is 5.82 Å². The maximum Gasteiger partial charge on any atom is 0.273 e. The molecular formula is C13H14FN3OS. The molecule has 0 bridgehead atoms. The Labute approximate surface area is 114 Å². The number of halogens is 1. The highest BCUT2D eigenvalue weighted by Crippen LogP contribution is 2.15. The molecule has 0 aliphatic rings. The molecule has 100 valence electrons. The van der Waals surface area contributed by atoms with Crippen molar-refractivity contribution in [1.29, 1.82) is 0 Å². The Morgan fingerprint density at radius 2 is 2.32 bits per heavy atom. The lowest BCUT2D eigenvalue weighted by Crippen LogP contribution is -2.30. The van der Waals surface area contributed by atoms with Gasteiger partial charge in [0, 0.05) is 18.5 Å². The number of nitrogens with two attached hydrogens (primary N) is 1. The Morgan fingerprint density at radius 1 is 1.53 bits per heavy atom. The molecule has 2 aromatic rings. The topological polar surface area (TPSA) is 59.2 Å². The molecule has 0 unspecified atom stereocenters. The van der Waals surface area contributed by atoms with Crippen LogP contribution in [-0.4, -0.2) is 22.3 Å². The molecule has 0 spiro atoms. The van der Waals surface area contributed by atoms with Crippen LogP contribution in [0.25, 0.3) is 0 Å². The summed E-state index contributed by atoms with van der Waals surface area (Å²) in [6.07, 6.45) is 0. The number of amides is 1. The number of nitrogens with zero attached hydrogens (tertiary/aromatic N) is 2. The van der Waals surface area contributed by atoms with Gasteiger partial charge in [0.1, 0.15) is 11.5 Å². The summed E-state index contributed by atoms with van der Waals surface area (Å²) >= 11 is 1.23. The van der Waals surface area contributed by atoms with Gasteiger partial charge in [0.05, 0.1) is 0 Å². The van der Waals surface area contributed by atoms with Gasteiger partial charge >= 0.3 is 0 Å². The minimum absolute atomic E-state index is 0.195. The van der Waals surface area contributed by atoms with Gasteiger partial charge in [-0.2, -0.15) is 0 Å². The van der Waals surface area contributed by atoms with Crippen molar-refractivity contribution >= 4 is 22.4 Å². The fourth-order valence-electron chi connectivity index (χ4n) is 1.73. The van der Waals surface area contributed by atoms with Crippen molar-refractivity contribution in [1.82, 2.24) is 9.88 Å². The molecule has 1 heterocycles. The third-order valence-electron chi connectivity index (χ3n) is 2.67. The van der Waals surface area contributed by atoms with E-state index in [1.807, 2.05) is 6.92 Å². The van der Waals surface area contributed by atoms with Crippen LogP contribution in [0.5, 0.6) is 0 Å². The summed E-state index contributed by atoms with van der Waals surface area (Å²) in [4.78, 5) is 17.8. The van der Waals surface area contributed by atoms with E-state index in [0.29, 0.717) is 23.9 Å². The van der Waals surface area contributed by atoms with Crippen LogP contribution in [0.1, 0.15) is 23.0 Å². The zero-order valence-corrected chi connectivity index (χ0v) is 11.3. The fourth-order valence-corrected chi connectivity index (χ4v) is 2.27. The van der Waals surface area contributed by atoms with Gasteiger partial charge in [0.2, 0.25) is 0 Å². The summed E-state index contributed by atoms with van der Waals surface area (Å²) in [5.74, 6) is -0.501. The lowest BCUT2D eigenvalue weighted by atomic mass is 10.2. The Kier molecular flexibility index (Phi) is 4.11. The second-order valence-electron chi connectivity index (χ2n) is 4.02. The molecule has 2 rings (SSSR count). The molecule has 0 fully saturated rings. The van der Waals surface area contributed by atoms with Gasteiger partial charge in [0.25, 0.3) is 5.91 Å². The predicted molar refractivity (Wildman–Crippen MR) is 73.3 cm³/mol. The molecule has 0 aliphatic heterocycles. The van der Waals surface area contributed by atoms with E-state index in [1.54, 1.807) is 22.4 Å². The number of carbonyl (C=O) groups is 1. The summed E-state index contributed by atoms with van der Waals surface area (Å²) in [6.45, 7) is 2.74. The highest BCUT2D eigenvalue weighted by molar-refractivity contribution is 7.13. The summed E-state index contributed by atoms with van der Waals surface area (Å²) in [5, 5.41) is 2.00. The second-order valence-corrected chi connectivity index (χ2v) is 4.91. The molecule has 1 aromatic heterocycles. The Morgan fingerprint density at radius 3 is 2.89 bits per heavy atom. The quantitative estimate of drug-likeness (QED) is 0.935. The molecule has 0 saturated heterocycles. The zero-order chi connectivity index (χ0) is 13.8. The van der Waals surface area contributed by atoms with Gasteiger partial charge in [-0.15, -0.1) is 11.3 Å². The summed E-state index contributed by atoms with van der Waals surface area (Å²) in [5.41, 5.74) is 6.60. The number of hydrogen-bond donors (Lipinski definition) is 1. The molecule has 1 amide bonds. The first-order valence-corrected chi connectivity index (χ1v) is 6.73. The summed E-state index contributed by atoms with van der Waals surface area (Å²) < 4.78 is 13.1. The van der Waals surface area contributed by atoms with Crippen LogP contribution in [0.2, 0.25) is 0 Å². The molecule has 0 saturated carbocycles. The molecular weight excluding hydrogens is 265 g/mol. The van der Waals surface area contributed by atoms with Crippen LogP contribution in [0.15, 0.2) is 29.6 Å². The molecule has 6 heteroatoms. The van der Waals surface area contributed by atoms with Crippen molar-refractivity contribution in [3.8, 4) is 0 Å². The summed E-state index contributed by atoms with van der Waals surface area (Å²) in [7, 11) is 0. The minimum Gasteiger partial charge on any atom is -0.375 e. The predicted octanol–water partition coefficient (Wildman–Crippen LogP) is 2.53. The van der Waals surface area contributed by atoms with Crippen molar-refractivity contribution in [2.75, 3.05) is 12.3 Å². The van der Waals surface area contributed by atoms with E-state index in [0.717, 1.165) is 5.56 Å². The van der Waals surface area contributed by atoms with E-state index in [2.05, 4.69) is 4.98 Å². The number of hydrogen-bond acceptors (Lipinski definition) is 4. The van der Waals surface area contributed by atoms with Crippen LogP contribution in [0.3, 0.4) is 0 Å². The average Bonchev–Trinajstić information content (AvgIpc) is 2.82. The third kappa shape index (κ3) is 3.29. The van der Waals surface area contributed by atoms with Crippen molar-refractivity contribution in [3.63, 3.8) is 0 Å². The van der Waals surface area contributed by atoms with Gasteiger partial charge in [-0.25, -0.2) is 9.37 Å². The SMILES string of the molecule is CCN(Cc1cccc(F)c1)C(=O)c1csc(N)n1. The maximum absolute atomic E-state index is 13.1. The van der Waals surface area contributed by atoms with E-state index in [-0.39, 0.29) is 11.7 Å². The average molecular weight is 279 g/mol. The van der Waals surface area contributed by atoms with Gasteiger partial charge in [0.15, 0.2) is 5.13 Å². The van der Waals surface area contributed by atoms with Gasteiger partial charge < -0.3 is 10.6 Å². The first-order valence-electron chi connectivity index (χ1n) is 5.85. The number of anilines is 1. The van der Waals surface area contributed by atoms with Crippen molar-refractivity contribution in [2.45, 2.75) is 13.5 Å². The minimum atomic E-state index is -0.307. The summed E-state index contributed by atoms with van der Waals surface area (Å²) in [6, 6.07) is 6.21. The van der Waals surface area contributed by atoms with Crippen LogP contribution in [-0.2, 0) is 6.54 Å². The molecule has 0 aliphatic carbocycles. The Bertz CT molecular complexity index is 585. The largest absolute Gasteiger partial charge is 0.375 e. The Hall–Kier alpha value is -1.95. The molecule has 1 aromatic carbocycles. The van der Waals surface area contributed by atoms with Gasteiger partial charge in [-0.05, 0) is 24.6 Å². The normalized spacial score (nSPS) is 10.4. The Balaban J connectivity index is 2.14. The molecule has 2 N–H and O–H groups in total. The van der Waals surface area contributed by atoms with Crippen molar-refractivity contribution in [2.24, 2.45) is 0 Å². The number of carbonyl (C=O) groups excluding carboxylic acids is 1. The first kappa shape index (κ1) is 13.5. The maximum atomic E-state index is 13.1. The molecule has 4 nitrogen and oxygen atoms in total. The van der Waals surface area contributed by atoms with E-state index >= 15 is 0 Å². The van der Waals surface area contributed by atoms with E-state index in [1.165, 1.54) is 23.5 Å². The highest BCUT2D eigenvalue weighted by Gasteiger charge is 2.17. The first-order chi connectivity index (χ1) is 9.10. The second kappa shape index (κ2) is 5.79. The monoisotopic (exact) mass is 279 g/mol. The van der Waals surface area contributed by atoms with Crippen LogP contribution >= 0.6 is 11.3 Å². The van der Waals surface area contributed by atoms with Crippen LogP contribution < -0.4 is 5.73 Å². The van der Waals surface area contributed by atoms with E-state index < -0.39 is 0 Å². The van der Waals surface area contributed by atoms with E-state index in [9.17, 15) is 9.18 Å². The number of rotatable bonds is 4. The number of nitrogen functional groups attached to an aromatic ring is 1. The third-order valence-corrected chi connectivity index (χ3v) is 3.35.